The fourth-order valence-electron chi connectivity index (χ4n) is 2.74. The third kappa shape index (κ3) is 5.94. The number of anilines is 1. The van der Waals surface area contributed by atoms with Crippen LogP contribution >= 0.6 is 23.2 Å². The molecule has 0 radical (unpaired) electrons. The van der Waals surface area contributed by atoms with E-state index >= 15 is 0 Å². The van der Waals surface area contributed by atoms with Gasteiger partial charge in [-0.15, -0.1) is 0 Å². The van der Waals surface area contributed by atoms with E-state index in [0.29, 0.717) is 29.4 Å². The average Bonchev–Trinajstić information content (AvgIpc) is 2.71. The summed E-state index contributed by atoms with van der Waals surface area (Å²) in [4.78, 5) is 28.6. The third-order valence-corrected chi connectivity index (χ3v) is 7.31. The predicted octanol–water partition coefficient (Wildman–Crippen LogP) is 3.83. The SMILES string of the molecule is CCN(CC)S(=O)(=O)c1cc(C(=O)OCC(=O)Nc2nc(C)c(Cl)cc2Cl)ccc1C. The lowest BCUT2D eigenvalue weighted by atomic mass is 10.1. The molecule has 168 valence electrons. The molecular formula is C20H23Cl2N3O5S. The molecule has 0 unspecified atom stereocenters. The summed E-state index contributed by atoms with van der Waals surface area (Å²) in [5.41, 5.74) is 0.989. The number of aromatic nitrogens is 1. The second-order valence-corrected chi connectivity index (χ2v) is 9.30. The first-order valence-corrected chi connectivity index (χ1v) is 11.6. The number of carbonyl (C=O) groups excluding carboxylic acids is 2. The van der Waals surface area contributed by atoms with Crippen molar-refractivity contribution in [3.05, 3.63) is 51.1 Å². The van der Waals surface area contributed by atoms with Crippen LogP contribution in [0.1, 0.15) is 35.5 Å². The highest BCUT2D eigenvalue weighted by atomic mass is 35.5. The van der Waals surface area contributed by atoms with Gasteiger partial charge in [-0.1, -0.05) is 43.1 Å². The van der Waals surface area contributed by atoms with Gasteiger partial charge in [0.25, 0.3) is 5.91 Å². The number of esters is 1. The molecule has 11 heteroatoms. The summed E-state index contributed by atoms with van der Waals surface area (Å²) in [7, 11) is -3.76. The Kier molecular flexibility index (Phi) is 8.41. The van der Waals surface area contributed by atoms with Gasteiger partial charge in [0.1, 0.15) is 0 Å². The number of hydrogen-bond acceptors (Lipinski definition) is 6. The smallest absolute Gasteiger partial charge is 0.338 e. The Hall–Kier alpha value is -2.20. The Morgan fingerprint density at radius 2 is 1.74 bits per heavy atom. The van der Waals surface area contributed by atoms with E-state index in [1.165, 1.54) is 28.6 Å². The lowest BCUT2D eigenvalue weighted by molar-refractivity contribution is -0.119. The number of amides is 1. The molecular weight excluding hydrogens is 465 g/mol. The molecule has 2 rings (SSSR count). The van der Waals surface area contributed by atoms with E-state index in [4.69, 9.17) is 27.9 Å². The summed E-state index contributed by atoms with van der Waals surface area (Å²) in [5, 5.41) is 2.93. The number of rotatable bonds is 8. The number of nitrogens with one attached hydrogen (secondary N) is 1. The van der Waals surface area contributed by atoms with Crippen LogP contribution in [0.5, 0.6) is 0 Å². The highest BCUT2D eigenvalue weighted by molar-refractivity contribution is 7.89. The van der Waals surface area contributed by atoms with Gasteiger partial charge >= 0.3 is 5.97 Å². The van der Waals surface area contributed by atoms with E-state index in [2.05, 4.69) is 10.3 Å². The number of sulfonamides is 1. The zero-order valence-corrected chi connectivity index (χ0v) is 19.9. The van der Waals surface area contributed by atoms with Gasteiger partial charge in [-0.05, 0) is 37.6 Å². The first-order chi connectivity index (χ1) is 14.5. The zero-order chi connectivity index (χ0) is 23.3. The van der Waals surface area contributed by atoms with Gasteiger partial charge in [-0.25, -0.2) is 18.2 Å². The number of benzene rings is 1. The number of carbonyl (C=O) groups is 2. The molecule has 31 heavy (non-hydrogen) atoms. The molecule has 1 N–H and O–H groups in total. The minimum atomic E-state index is -3.76. The van der Waals surface area contributed by atoms with Crippen LogP contribution < -0.4 is 5.32 Å². The van der Waals surface area contributed by atoms with E-state index in [1.807, 2.05) is 0 Å². The molecule has 1 heterocycles. The predicted molar refractivity (Wildman–Crippen MR) is 119 cm³/mol. The number of ether oxygens (including phenoxy) is 1. The highest BCUT2D eigenvalue weighted by Crippen LogP contribution is 2.25. The van der Waals surface area contributed by atoms with Gasteiger partial charge in [-0.3, -0.25) is 4.79 Å². The highest BCUT2D eigenvalue weighted by Gasteiger charge is 2.25. The van der Waals surface area contributed by atoms with Crippen molar-refractivity contribution in [1.29, 1.82) is 0 Å². The van der Waals surface area contributed by atoms with Gasteiger partial charge < -0.3 is 10.1 Å². The van der Waals surface area contributed by atoms with Crippen LogP contribution in [0.4, 0.5) is 5.82 Å². The second kappa shape index (κ2) is 10.4. The van der Waals surface area contributed by atoms with Crippen LogP contribution in [0, 0.1) is 13.8 Å². The molecule has 0 saturated carbocycles. The molecule has 0 bridgehead atoms. The van der Waals surface area contributed by atoms with Gasteiger partial charge in [-0.2, -0.15) is 4.31 Å². The molecule has 2 aromatic rings. The van der Waals surface area contributed by atoms with Crippen molar-refractivity contribution in [1.82, 2.24) is 9.29 Å². The summed E-state index contributed by atoms with van der Waals surface area (Å²) >= 11 is 11.9. The number of aryl methyl sites for hydroxylation is 2. The molecule has 0 fully saturated rings. The Morgan fingerprint density at radius 1 is 1.10 bits per heavy atom. The largest absolute Gasteiger partial charge is 0.452 e. The maximum Gasteiger partial charge on any atom is 0.338 e. The quantitative estimate of drug-likeness (QED) is 0.567. The van der Waals surface area contributed by atoms with Crippen LogP contribution in [-0.2, 0) is 19.6 Å². The molecule has 0 aliphatic rings. The zero-order valence-electron chi connectivity index (χ0n) is 17.5. The number of halogens is 2. The van der Waals surface area contributed by atoms with Crippen LogP contribution in [0.3, 0.4) is 0 Å². The summed E-state index contributed by atoms with van der Waals surface area (Å²) in [5.74, 6) is -1.40. The Labute approximate surface area is 191 Å². The maximum absolute atomic E-state index is 12.8. The van der Waals surface area contributed by atoms with Crippen molar-refractivity contribution in [2.24, 2.45) is 0 Å². The summed E-state index contributed by atoms with van der Waals surface area (Å²) < 4.78 is 32.0. The minimum absolute atomic E-state index is 0.0163. The van der Waals surface area contributed by atoms with Crippen LogP contribution in [-0.4, -0.2) is 49.3 Å². The van der Waals surface area contributed by atoms with Crippen molar-refractivity contribution in [2.45, 2.75) is 32.6 Å². The summed E-state index contributed by atoms with van der Waals surface area (Å²) in [6, 6.07) is 5.66. The Morgan fingerprint density at radius 3 is 2.35 bits per heavy atom. The van der Waals surface area contributed by atoms with Gasteiger partial charge in [0, 0.05) is 13.1 Å². The van der Waals surface area contributed by atoms with Crippen LogP contribution in [0.15, 0.2) is 29.2 Å². The fourth-order valence-corrected chi connectivity index (χ4v) is 4.85. The summed E-state index contributed by atoms with van der Waals surface area (Å²) in [6.45, 7) is 6.75. The van der Waals surface area contributed by atoms with E-state index < -0.39 is 28.5 Å². The molecule has 0 aliphatic heterocycles. The van der Waals surface area contributed by atoms with E-state index in [0.717, 1.165) is 0 Å². The van der Waals surface area contributed by atoms with Crippen molar-refractivity contribution in [3.8, 4) is 0 Å². The second-order valence-electron chi connectivity index (χ2n) is 6.58. The lowest BCUT2D eigenvalue weighted by Crippen LogP contribution is -2.31. The third-order valence-electron chi connectivity index (χ3n) is 4.44. The Balaban J connectivity index is 2.13. The Bertz CT molecular complexity index is 1100. The van der Waals surface area contributed by atoms with Crippen molar-refractivity contribution in [3.63, 3.8) is 0 Å². The molecule has 8 nitrogen and oxygen atoms in total. The molecule has 0 spiro atoms. The van der Waals surface area contributed by atoms with E-state index in [9.17, 15) is 18.0 Å². The monoisotopic (exact) mass is 487 g/mol. The number of hydrogen-bond donors (Lipinski definition) is 1. The molecule has 1 aromatic heterocycles. The topological polar surface area (TPSA) is 106 Å². The van der Waals surface area contributed by atoms with Crippen LogP contribution in [0.2, 0.25) is 10.0 Å². The molecule has 0 aliphatic carbocycles. The summed E-state index contributed by atoms with van der Waals surface area (Å²) in [6.07, 6.45) is 0. The first-order valence-electron chi connectivity index (χ1n) is 9.41. The maximum atomic E-state index is 12.8. The standard InChI is InChI=1S/C20H23Cl2N3O5S/c1-5-25(6-2)31(28,29)17-9-14(8-7-12(17)3)20(27)30-11-18(26)24-19-16(22)10-15(21)13(4)23-19/h7-10H,5-6,11H2,1-4H3,(H,23,24,26). The molecule has 1 aromatic carbocycles. The van der Waals surface area contributed by atoms with Crippen molar-refractivity contribution < 1.29 is 22.7 Å². The minimum Gasteiger partial charge on any atom is -0.452 e. The van der Waals surface area contributed by atoms with Gasteiger partial charge in [0.15, 0.2) is 12.4 Å². The van der Waals surface area contributed by atoms with Gasteiger partial charge in [0.2, 0.25) is 10.0 Å². The molecule has 1 amide bonds. The van der Waals surface area contributed by atoms with Gasteiger partial charge in [0.05, 0.1) is 26.2 Å². The normalized spacial score (nSPS) is 11.5. The van der Waals surface area contributed by atoms with Crippen LogP contribution in [0.25, 0.3) is 0 Å². The molecule has 0 atom stereocenters. The number of nitrogens with zero attached hydrogens (tertiary/aromatic N) is 2. The average molecular weight is 488 g/mol. The number of pyridine rings is 1. The van der Waals surface area contributed by atoms with E-state index in [-0.39, 0.29) is 21.3 Å². The van der Waals surface area contributed by atoms with Crippen molar-refractivity contribution in [2.75, 3.05) is 25.0 Å². The lowest BCUT2D eigenvalue weighted by Gasteiger charge is -2.20. The van der Waals surface area contributed by atoms with Crippen molar-refractivity contribution >= 4 is 50.9 Å². The fraction of sp³-hybridized carbons (Fsp3) is 0.350. The first kappa shape index (κ1) is 25.1. The molecule has 0 saturated heterocycles. The van der Waals surface area contributed by atoms with E-state index in [1.54, 1.807) is 27.7 Å².